The Balaban J connectivity index is 2.56. The molecule has 0 aromatic heterocycles. The number of alkyl halides is 3. The van der Waals surface area contributed by atoms with Crippen molar-refractivity contribution in [3.05, 3.63) is 28.8 Å². The molecule has 0 radical (unpaired) electrons. The lowest BCUT2D eigenvalue weighted by Gasteiger charge is -2.18. The maximum absolute atomic E-state index is 12.9. The number of nitrogens with one attached hydrogen (secondary N) is 1. The standard InChI is InChI=1S/C13H16F3NO/c1-8-7-17-4-3-9-5-12(18-2)11(6-10(8)9)13(14,15)16/h5-6,8,17H,3-4,7H2,1-2H3. The average Bonchev–Trinajstić information content (AvgIpc) is 2.48. The van der Waals surface area contributed by atoms with Gasteiger partial charge in [0, 0.05) is 6.54 Å². The van der Waals surface area contributed by atoms with Crippen LogP contribution >= 0.6 is 0 Å². The van der Waals surface area contributed by atoms with E-state index in [1.165, 1.54) is 19.2 Å². The number of rotatable bonds is 1. The van der Waals surface area contributed by atoms with Gasteiger partial charge in [0.2, 0.25) is 0 Å². The Morgan fingerprint density at radius 3 is 2.67 bits per heavy atom. The van der Waals surface area contributed by atoms with Crippen molar-refractivity contribution in [3.63, 3.8) is 0 Å². The molecule has 100 valence electrons. The van der Waals surface area contributed by atoms with Gasteiger partial charge in [-0.3, -0.25) is 0 Å². The maximum Gasteiger partial charge on any atom is 0.419 e. The number of methoxy groups -OCH3 is 1. The summed E-state index contributed by atoms with van der Waals surface area (Å²) in [6.45, 7) is 3.42. The Labute approximate surface area is 104 Å². The van der Waals surface area contributed by atoms with Crippen LogP contribution in [0.1, 0.15) is 29.5 Å². The van der Waals surface area contributed by atoms with Crippen molar-refractivity contribution in [2.75, 3.05) is 20.2 Å². The van der Waals surface area contributed by atoms with Gasteiger partial charge in [0.15, 0.2) is 0 Å². The molecule has 1 aromatic rings. The summed E-state index contributed by atoms with van der Waals surface area (Å²) in [5, 5.41) is 3.22. The monoisotopic (exact) mass is 259 g/mol. The predicted octanol–water partition coefficient (Wildman–Crippen LogP) is 2.96. The van der Waals surface area contributed by atoms with Gasteiger partial charge in [-0.15, -0.1) is 0 Å². The zero-order valence-electron chi connectivity index (χ0n) is 10.4. The van der Waals surface area contributed by atoms with E-state index in [0.29, 0.717) is 6.54 Å². The number of ether oxygens (including phenoxy) is 1. The second-order valence-electron chi connectivity index (χ2n) is 4.60. The molecule has 0 amide bonds. The lowest BCUT2D eigenvalue weighted by molar-refractivity contribution is -0.138. The first-order valence-electron chi connectivity index (χ1n) is 5.92. The molecule has 0 bridgehead atoms. The summed E-state index contributed by atoms with van der Waals surface area (Å²) in [6, 6.07) is 2.77. The normalized spacial score (nSPS) is 20.2. The third-order valence-corrected chi connectivity index (χ3v) is 3.32. The Morgan fingerprint density at radius 2 is 2.06 bits per heavy atom. The van der Waals surface area contributed by atoms with Gasteiger partial charge < -0.3 is 10.1 Å². The van der Waals surface area contributed by atoms with E-state index in [-0.39, 0.29) is 11.7 Å². The largest absolute Gasteiger partial charge is 0.496 e. The van der Waals surface area contributed by atoms with Crippen LogP contribution in [0.3, 0.4) is 0 Å². The fourth-order valence-corrected chi connectivity index (χ4v) is 2.36. The summed E-state index contributed by atoms with van der Waals surface area (Å²) in [6.07, 6.45) is -3.64. The summed E-state index contributed by atoms with van der Waals surface area (Å²) in [4.78, 5) is 0. The first-order valence-corrected chi connectivity index (χ1v) is 5.92. The number of hydrogen-bond acceptors (Lipinski definition) is 2. The molecule has 0 fully saturated rings. The van der Waals surface area contributed by atoms with E-state index in [9.17, 15) is 13.2 Å². The van der Waals surface area contributed by atoms with Gasteiger partial charge in [0.05, 0.1) is 12.7 Å². The van der Waals surface area contributed by atoms with Crippen molar-refractivity contribution in [3.8, 4) is 5.75 Å². The molecule has 0 aliphatic carbocycles. The summed E-state index contributed by atoms with van der Waals surface area (Å²) < 4.78 is 43.7. The molecule has 2 nitrogen and oxygen atoms in total. The summed E-state index contributed by atoms with van der Waals surface area (Å²) in [7, 11) is 1.27. The minimum atomic E-state index is -4.38. The molecule has 0 saturated carbocycles. The van der Waals surface area contributed by atoms with E-state index < -0.39 is 11.7 Å². The molecule has 1 aromatic carbocycles. The Kier molecular flexibility index (Phi) is 3.52. The van der Waals surface area contributed by atoms with Crippen molar-refractivity contribution in [1.82, 2.24) is 5.32 Å². The van der Waals surface area contributed by atoms with Crippen LogP contribution in [0.4, 0.5) is 13.2 Å². The minimum Gasteiger partial charge on any atom is -0.496 e. The molecule has 1 atom stereocenters. The Hall–Kier alpha value is -1.23. The van der Waals surface area contributed by atoms with Gasteiger partial charge in [0.25, 0.3) is 0 Å². The molecule has 2 rings (SSSR count). The van der Waals surface area contributed by atoms with Crippen LogP contribution in [0, 0.1) is 0 Å². The smallest absolute Gasteiger partial charge is 0.419 e. The highest BCUT2D eigenvalue weighted by Gasteiger charge is 2.35. The zero-order chi connectivity index (χ0) is 13.3. The summed E-state index contributed by atoms with van der Waals surface area (Å²) in [5.41, 5.74) is 1.03. The molecule has 18 heavy (non-hydrogen) atoms. The lowest BCUT2D eigenvalue weighted by Crippen LogP contribution is -2.18. The van der Waals surface area contributed by atoms with Crippen LogP contribution in [0.5, 0.6) is 5.75 Å². The van der Waals surface area contributed by atoms with Gasteiger partial charge in [-0.05, 0) is 42.1 Å². The lowest BCUT2D eigenvalue weighted by atomic mass is 9.92. The second-order valence-corrected chi connectivity index (χ2v) is 4.60. The van der Waals surface area contributed by atoms with E-state index in [1.54, 1.807) is 0 Å². The highest BCUT2D eigenvalue weighted by atomic mass is 19.4. The van der Waals surface area contributed by atoms with E-state index in [4.69, 9.17) is 4.74 Å². The number of fused-ring (bicyclic) bond motifs is 1. The molecule has 1 aliphatic heterocycles. The maximum atomic E-state index is 12.9. The third-order valence-electron chi connectivity index (χ3n) is 3.32. The number of hydrogen-bond donors (Lipinski definition) is 1. The van der Waals surface area contributed by atoms with E-state index >= 15 is 0 Å². The minimum absolute atomic E-state index is 0.0782. The van der Waals surface area contributed by atoms with Gasteiger partial charge in [0.1, 0.15) is 5.75 Å². The molecule has 0 spiro atoms. The topological polar surface area (TPSA) is 21.3 Å². The van der Waals surface area contributed by atoms with Crippen LogP contribution in [0.25, 0.3) is 0 Å². The van der Waals surface area contributed by atoms with Crippen molar-refractivity contribution in [1.29, 1.82) is 0 Å². The second kappa shape index (κ2) is 4.80. The van der Waals surface area contributed by atoms with Crippen molar-refractivity contribution in [2.24, 2.45) is 0 Å². The first-order chi connectivity index (χ1) is 8.43. The highest BCUT2D eigenvalue weighted by molar-refractivity contribution is 5.46. The van der Waals surface area contributed by atoms with Crippen molar-refractivity contribution >= 4 is 0 Å². The molecule has 1 unspecified atom stereocenters. The summed E-state index contributed by atoms with van der Waals surface area (Å²) >= 11 is 0. The van der Waals surface area contributed by atoms with Crippen LogP contribution in [0.2, 0.25) is 0 Å². The van der Waals surface area contributed by atoms with Gasteiger partial charge in [-0.2, -0.15) is 13.2 Å². The quantitative estimate of drug-likeness (QED) is 0.837. The van der Waals surface area contributed by atoms with Gasteiger partial charge in [-0.1, -0.05) is 6.92 Å². The zero-order valence-corrected chi connectivity index (χ0v) is 10.4. The first kappa shape index (κ1) is 13.2. The van der Waals surface area contributed by atoms with Crippen molar-refractivity contribution < 1.29 is 17.9 Å². The Morgan fingerprint density at radius 1 is 1.33 bits per heavy atom. The highest BCUT2D eigenvalue weighted by Crippen LogP contribution is 2.39. The summed E-state index contributed by atoms with van der Waals surface area (Å²) in [5.74, 6) is -0.00939. The third kappa shape index (κ3) is 2.46. The van der Waals surface area contributed by atoms with Crippen molar-refractivity contribution in [2.45, 2.75) is 25.4 Å². The van der Waals surface area contributed by atoms with E-state index in [0.717, 1.165) is 24.1 Å². The van der Waals surface area contributed by atoms with Gasteiger partial charge in [-0.25, -0.2) is 0 Å². The van der Waals surface area contributed by atoms with E-state index in [1.807, 2.05) is 6.92 Å². The molecular formula is C13H16F3NO. The number of halogens is 3. The van der Waals surface area contributed by atoms with Crippen LogP contribution in [-0.2, 0) is 12.6 Å². The van der Waals surface area contributed by atoms with E-state index in [2.05, 4.69) is 5.32 Å². The fourth-order valence-electron chi connectivity index (χ4n) is 2.36. The number of benzene rings is 1. The van der Waals surface area contributed by atoms with Gasteiger partial charge >= 0.3 is 6.18 Å². The molecule has 1 heterocycles. The fraction of sp³-hybridized carbons (Fsp3) is 0.538. The molecule has 1 N–H and O–H groups in total. The van der Waals surface area contributed by atoms with Crippen LogP contribution in [-0.4, -0.2) is 20.2 Å². The molecule has 1 aliphatic rings. The SMILES string of the molecule is COc1cc2c(cc1C(F)(F)F)C(C)CNCC2. The predicted molar refractivity (Wildman–Crippen MR) is 63.0 cm³/mol. The van der Waals surface area contributed by atoms with Crippen LogP contribution < -0.4 is 10.1 Å². The molecule has 5 heteroatoms. The average molecular weight is 259 g/mol. The Bertz CT molecular complexity index is 443. The molecular weight excluding hydrogens is 243 g/mol. The molecule has 0 saturated heterocycles. The van der Waals surface area contributed by atoms with Crippen LogP contribution in [0.15, 0.2) is 12.1 Å².